The quantitative estimate of drug-likeness (QED) is 0.594. The molecular weight excluding hydrogens is 156 g/mol. The minimum absolute atomic E-state index is 0. The third kappa shape index (κ3) is 2.29. The molecule has 1 rings (SSSR count). The molecule has 0 unspecified atom stereocenters. The average molecular weight is 170 g/mol. The first-order valence-electron chi connectivity index (χ1n) is 2.86. The van der Waals surface area contributed by atoms with Gasteiger partial charge in [0.05, 0.1) is 7.14 Å². The van der Waals surface area contributed by atoms with Crippen LogP contribution < -0.4 is 5.32 Å². The van der Waals surface area contributed by atoms with Crippen molar-refractivity contribution in [3.63, 3.8) is 0 Å². The van der Waals surface area contributed by atoms with Gasteiger partial charge in [0.1, 0.15) is 0 Å². The normalized spacial score (nSPS) is 20.2. The van der Waals surface area contributed by atoms with Gasteiger partial charge in [-0.15, -0.1) is 12.4 Å². The molecule has 0 spiro atoms. The van der Waals surface area contributed by atoms with E-state index in [0.717, 1.165) is 13.1 Å². The van der Waals surface area contributed by atoms with Gasteiger partial charge in [-0.25, -0.2) is 0 Å². The number of hydrogen-bond acceptors (Lipinski definition) is 2. The first-order valence-corrected chi connectivity index (χ1v) is 5.53. The Morgan fingerprint density at radius 3 is 1.89 bits per heavy atom. The Morgan fingerprint density at radius 1 is 1.44 bits per heavy atom. The Morgan fingerprint density at radius 2 is 1.89 bits per heavy atom. The van der Waals surface area contributed by atoms with Gasteiger partial charge in [-0.3, -0.25) is 0 Å². The van der Waals surface area contributed by atoms with Crippen LogP contribution in [0.5, 0.6) is 0 Å². The summed E-state index contributed by atoms with van der Waals surface area (Å²) in [6, 6.07) is 0. The van der Waals surface area contributed by atoms with Gasteiger partial charge in [-0.2, -0.15) is 0 Å². The molecule has 4 heteroatoms. The van der Waals surface area contributed by atoms with Crippen molar-refractivity contribution in [2.45, 2.75) is 5.66 Å². The second-order valence-corrected chi connectivity index (χ2v) is 6.34. The Kier molecular flexibility index (Phi) is 3.21. The maximum Gasteiger partial charge on any atom is 0.0873 e. The predicted octanol–water partition coefficient (Wildman–Crippen LogP) is 1.00. The van der Waals surface area contributed by atoms with E-state index in [0.29, 0.717) is 5.66 Å². The molecule has 0 amide bonds. The van der Waals surface area contributed by atoms with E-state index >= 15 is 0 Å². The maximum atomic E-state index is 11.2. The third-order valence-corrected chi connectivity index (χ3v) is 3.76. The highest BCUT2D eigenvalue weighted by atomic mass is 35.5. The Labute approximate surface area is 62.2 Å². The van der Waals surface area contributed by atoms with Crippen molar-refractivity contribution in [2.75, 3.05) is 26.4 Å². The Balaban J connectivity index is 0.000000640. The summed E-state index contributed by atoms with van der Waals surface area (Å²) in [5.74, 6) is 0. The molecule has 0 atom stereocenters. The van der Waals surface area contributed by atoms with Crippen LogP contribution in [0.1, 0.15) is 0 Å². The van der Waals surface area contributed by atoms with E-state index in [1.54, 1.807) is 0 Å². The Hall–Kier alpha value is 0.480. The lowest BCUT2D eigenvalue weighted by Crippen LogP contribution is -2.46. The second-order valence-electron chi connectivity index (χ2n) is 2.75. The fourth-order valence-corrected chi connectivity index (χ4v) is 1.85. The van der Waals surface area contributed by atoms with Crippen LogP contribution in [0.4, 0.5) is 0 Å². The van der Waals surface area contributed by atoms with Crippen LogP contribution in [-0.2, 0) is 4.57 Å². The number of nitrogens with one attached hydrogen (secondary N) is 1. The molecule has 1 aliphatic rings. The molecule has 1 fully saturated rings. The van der Waals surface area contributed by atoms with Crippen molar-refractivity contribution in [1.82, 2.24) is 5.32 Å². The molecule has 1 heterocycles. The highest BCUT2D eigenvalue weighted by Gasteiger charge is 2.28. The monoisotopic (exact) mass is 169 g/mol. The zero-order valence-electron chi connectivity index (χ0n) is 5.76. The summed E-state index contributed by atoms with van der Waals surface area (Å²) in [5.41, 5.74) is 0.475. The van der Waals surface area contributed by atoms with E-state index in [4.69, 9.17) is 0 Å². The molecule has 1 saturated heterocycles. The number of rotatable bonds is 1. The minimum atomic E-state index is -1.73. The molecule has 0 saturated carbocycles. The van der Waals surface area contributed by atoms with Crippen LogP contribution in [-0.4, -0.2) is 32.1 Å². The third-order valence-electron chi connectivity index (χ3n) is 1.64. The van der Waals surface area contributed by atoms with Crippen molar-refractivity contribution in [3.8, 4) is 0 Å². The predicted molar refractivity (Wildman–Crippen MR) is 43.4 cm³/mol. The average Bonchev–Trinajstić information content (AvgIpc) is 1.16. The summed E-state index contributed by atoms with van der Waals surface area (Å²) < 4.78 is 11.2. The smallest absolute Gasteiger partial charge is 0.0873 e. The molecular formula is C5H13ClNOP. The highest BCUT2D eigenvalue weighted by molar-refractivity contribution is 7.63. The van der Waals surface area contributed by atoms with Gasteiger partial charge in [0.15, 0.2) is 0 Å². The molecule has 56 valence electrons. The van der Waals surface area contributed by atoms with Crippen LogP contribution in [0.25, 0.3) is 0 Å². The lowest BCUT2D eigenvalue weighted by Gasteiger charge is -2.30. The summed E-state index contributed by atoms with van der Waals surface area (Å²) >= 11 is 0. The second kappa shape index (κ2) is 3.05. The summed E-state index contributed by atoms with van der Waals surface area (Å²) in [5, 5.41) is 3.10. The van der Waals surface area contributed by atoms with E-state index in [9.17, 15) is 4.57 Å². The largest absolute Gasteiger partial charge is 0.324 e. The summed E-state index contributed by atoms with van der Waals surface area (Å²) in [4.78, 5) is 0. The van der Waals surface area contributed by atoms with Gasteiger partial charge in [0, 0.05) is 18.7 Å². The topological polar surface area (TPSA) is 29.1 Å². The van der Waals surface area contributed by atoms with Crippen LogP contribution in [0.3, 0.4) is 0 Å². The first-order chi connectivity index (χ1) is 3.61. The molecule has 1 aliphatic heterocycles. The lowest BCUT2D eigenvalue weighted by atomic mass is 10.3. The van der Waals surface area contributed by atoms with Crippen molar-refractivity contribution < 1.29 is 4.57 Å². The summed E-state index contributed by atoms with van der Waals surface area (Å²) in [7, 11) is -1.73. The van der Waals surface area contributed by atoms with Gasteiger partial charge in [0.2, 0.25) is 0 Å². The molecule has 0 aromatic heterocycles. The van der Waals surface area contributed by atoms with Crippen molar-refractivity contribution >= 4 is 19.5 Å². The van der Waals surface area contributed by atoms with Crippen LogP contribution >= 0.6 is 19.5 Å². The zero-order valence-corrected chi connectivity index (χ0v) is 7.47. The first kappa shape index (κ1) is 9.48. The fraction of sp³-hybridized carbons (Fsp3) is 1.00. The molecule has 0 bridgehead atoms. The number of hydrogen-bond donors (Lipinski definition) is 1. The van der Waals surface area contributed by atoms with Crippen molar-refractivity contribution in [3.05, 3.63) is 0 Å². The molecule has 0 aliphatic carbocycles. The van der Waals surface area contributed by atoms with Crippen molar-refractivity contribution in [1.29, 1.82) is 0 Å². The van der Waals surface area contributed by atoms with E-state index in [1.807, 2.05) is 13.3 Å². The fourth-order valence-electron chi connectivity index (χ4n) is 0.713. The van der Waals surface area contributed by atoms with Gasteiger partial charge in [-0.1, -0.05) is 0 Å². The van der Waals surface area contributed by atoms with E-state index < -0.39 is 7.14 Å². The highest BCUT2D eigenvalue weighted by Crippen LogP contribution is 2.43. The van der Waals surface area contributed by atoms with E-state index in [2.05, 4.69) is 5.32 Å². The lowest BCUT2D eigenvalue weighted by molar-refractivity contribution is 0.499. The number of halogens is 1. The van der Waals surface area contributed by atoms with Crippen LogP contribution in [0, 0.1) is 0 Å². The summed E-state index contributed by atoms with van der Waals surface area (Å²) in [6.07, 6.45) is 0. The van der Waals surface area contributed by atoms with Gasteiger partial charge in [-0.05, 0) is 13.3 Å². The molecule has 2 nitrogen and oxygen atoms in total. The molecule has 9 heavy (non-hydrogen) atoms. The minimum Gasteiger partial charge on any atom is -0.324 e. The standard InChI is InChI=1S/C5H12NOP.ClH/c1-8(2,7)5-3-6-4-5;/h5-6H,3-4H2,1-2H3;1H. The maximum absolute atomic E-state index is 11.2. The van der Waals surface area contributed by atoms with Crippen LogP contribution in [0.15, 0.2) is 0 Å². The SMILES string of the molecule is CP(C)(=O)C1CNC1.Cl. The van der Waals surface area contributed by atoms with Crippen LogP contribution in [0.2, 0.25) is 0 Å². The van der Waals surface area contributed by atoms with E-state index in [-0.39, 0.29) is 12.4 Å². The van der Waals surface area contributed by atoms with E-state index in [1.165, 1.54) is 0 Å². The molecule has 1 N–H and O–H groups in total. The zero-order chi connectivity index (χ0) is 6.20. The Bertz CT molecular complexity index is 129. The van der Waals surface area contributed by atoms with Gasteiger partial charge in [0.25, 0.3) is 0 Å². The van der Waals surface area contributed by atoms with Gasteiger partial charge < -0.3 is 9.88 Å². The van der Waals surface area contributed by atoms with Gasteiger partial charge >= 0.3 is 0 Å². The summed E-state index contributed by atoms with van der Waals surface area (Å²) in [6.45, 7) is 5.64. The molecule has 0 aromatic carbocycles. The van der Waals surface area contributed by atoms with Crippen molar-refractivity contribution in [2.24, 2.45) is 0 Å². The molecule has 0 radical (unpaired) electrons. The molecule has 0 aromatic rings.